The molecule has 5 nitrogen and oxygen atoms in total. The summed E-state index contributed by atoms with van der Waals surface area (Å²) in [5, 5.41) is 0. The van der Waals surface area contributed by atoms with E-state index in [2.05, 4.69) is 0 Å². The Bertz CT molecular complexity index is 389. The van der Waals surface area contributed by atoms with Gasteiger partial charge in [-0.05, 0) is 19.8 Å². The Morgan fingerprint density at radius 1 is 1.33 bits per heavy atom. The van der Waals surface area contributed by atoms with Crippen LogP contribution in [0.3, 0.4) is 0 Å². The molecule has 2 aliphatic rings. The van der Waals surface area contributed by atoms with Crippen molar-refractivity contribution in [2.45, 2.75) is 32.8 Å². The Morgan fingerprint density at radius 2 is 1.83 bits per heavy atom. The fourth-order valence-corrected chi connectivity index (χ4v) is 2.63. The van der Waals surface area contributed by atoms with E-state index in [0.29, 0.717) is 12.8 Å². The van der Waals surface area contributed by atoms with Gasteiger partial charge in [-0.1, -0.05) is 12.2 Å². The molecule has 3 unspecified atom stereocenters. The lowest BCUT2D eigenvalue weighted by Crippen LogP contribution is -2.38. The summed E-state index contributed by atoms with van der Waals surface area (Å²) in [6, 6.07) is 0. The summed E-state index contributed by atoms with van der Waals surface area (Å²) in [5.41, 5.74) is 0. The highest BCUT2D eigenvalue weighted by Gasteiger charge is 2.47. The second kappa shape index (κ2) is 4.92. The quantitative estimate of drug-likeness (QED) is 0.424. The van der Waals surface area contributed by atoms with Crippen molar-refractivity contribution in [2.24, 2.45) is 11.8 Å². The van der Waals surface area contributed by atoms with Gasteiger partial charge in [-0.3, -0.25) is 19.3 Å². The van der Waals surface area contributed by atoms with Crippen LogP contribution in [-0.4, -0.2) is 35.3 Å². The number of amides is 2. The third-order valence-electron chi connectivity index (χ3n) is 3.41. The SMILES string of the molecule is CC(=O)OC(C)CN1C(=O)C2CC=CCC2C1=O. The molecular weight excluding hydrogens is 234 g/mol. The zero-order valence-electron chi connectivity index (χ0n) is 10.6. The molecule has 0 N–H and O–H groups in total. The number of fused-ring (bicyclic) bond motifs is 1. The molecule has 0 aromatic carbocycles. The van der Waals surface area contributed by atoms with Crippen LogP contribution in [0.2, 0.25) is 0 Å². The van der Waals surface area contributed by atoms with Crippen LogP contribution >= 0.6 is 0 Å². The van der Waals surface area contributed by atoms with Crippen LogP contribution in [0.25, 0.3) is 0 Å². The first-order chi connectivity index (χ1) is 8.50. The molecule has 0 bridgehead atoms. The van der Waals surface area contributed by atoms with Crippen LogP contribution in [0.1, 0.15) is 26.7 Å². The topological polar surface area (TPSA) is 63.7 Å². The van der Waals surface area contributed by atoms with E-state index in [9.17, 15) is 14.4 Å². The summed E-state index contributed by atoms with van der Waals surface area (Å²) in [5.74, 6) is -1.10. The Hall–Kier alpha value is -1.65. The molecule has 1 heterocycles. The van der Waals surface area contributed by atoms with Gasteiger partial charge >= 0.3 is 5.97 Å². The molecule has 18 heavy (non-hydrogen) atoms. The van der Waals surface area contributed by atoms with Crippen LogP contribution in [-0.2, 0) is 19.1 Å². The first-order valence-corrected chi connectivity index (χ1v) is 6.18. The fraction of sp³-hybridized carbons (Fsp3) is 0.615. The van der Waals surface area contributed by atoms with E-state index in [1.54, 1.807) is 6.92 Å². The number of allylic oxidation sites excluding steroid dienone is 2. The first-order valence-electron chi connectivity index (χ1n) is 6.18. The number of hydrogen-bond donors (Lipinski definition) is 0. The van der Waals surface area contributed by atoms with E-state index in [1.807, 2.05) is 12.2 Å². The molecule has 1 aliphatic heterocycles. The number of carbonyl (C=O) groups is 3. The second-order valence-corrected chi connectivity index (χ2v) is 4.86. The summed E-state index contributed by atoms with van der Waals surface area (Å²) in [6.45, 7) is 3.15. The monoisotopic (exact) mass is 251 g/mol. The number of rotatable bonds is 3. The van der Waals surface area contributed by atoms with E-state index >= 15 is 0 Å². The third-order valence-corrected chi connectivity index (χ3v) is 3.41. The molecule has 0 radical (unpaired) electrons. The average Bonchev–Trinajstić information content (AvgIpc) is 2.54. The number of esters is 1. The molecule has 2 amide bonds. The van der Waals surface area contributed by atoms with Crippen molar-refractivity contribution in [3.8, 4) is 0 Å². The maximum atomic E-state index is 12.1. The van der Waals surface area contributed by atoms with Crippen molar-refractivity contribution < 1.29 is 19.1 Å². The van der Waals surface area contributed by atoms with Gasteiger partial charge in [-0.15, -0.1) is 0 Å². The van der Waals surface area contributed by atoms with Crippen LogP contribution in [0.5, 0.6) is 0 Å². The molecule has 1 saturated heterocycles. The molecular formula is C13H17NO4. The minimum Gasteiger partial charge on any atom is -0.461 e. The second-order valence-electron chi connectivity index (χ2n) is 4.86. The molecule has 0 saturated carbocycles. The summed E-state index contributed by atoms with van der Waals surface area (Å²) in [7, 11) is 0. The van der Waals surface area contributed by atoms with Crippen molar-refractivity contribution in [3.63, 3.8) is 0 Å². The third kappa shape index (κ3) is 2.30. The lowest BCUT2D eigenvalue weighted by atomic mass is 9.85. The Kier molecular flexibility index (Phi) is 3.50. The number of carbonyl (C=O) groups excluding carboxylic acids is 3. The number of hydrogen-bond acceptors (Lipinski definition) is 4. The van der Waals surface area contributed by atoms with Crippen molar-refractivity contribution in [3.05, 3.63) is 12.2 Å². The van der Waals surface area contributed by atoms with Crippen molar-refractivity contribution in [1.82, 2.24) is 4.90 Å². The Morgan fingerprint density at radius 3 is 2.28 bits per heavy atom. The minimum absolute atomic E-state index is 0.131. The van der Waals surface area contributed by atoms with Gasteiger partial charge in [0, 0.05) is 6.92 Å². The molecule has 0 spiro atoms. The molecule has 98 valence electrons. The van der Waals surface area contributed by atoms with Gasteiger partial charge in [0.2, 0.25) is 11.8 Å². The lowest BCUT2D eigenvalue weighted by Gasteiger charge is -2.19. The van der Waals surface area contributed by atoms with E-state index in [-0.39, 0.29) is 30.2 Å². The van der Waals surface area contributed by atoms with Crippen LogP contribution in [0.4, 0.5) is 0 Å². The van der Waals surface area contributed by atoms with Gasteiger partial charge < -0.3 is 4.74 Å². The predicted octanol–water partition coefficient (Wildman–Crippen LogP) is 0.889. The van der Waals surface area contributed by atoms with Gasteiger partial charge in [-0.2, -0.15) is 0 Å². The van der Waals surface area contributed by atoms with Crippen molar-refractivity contribution in [2.75, 3.05) is 6.54 Å². The zero-order valence-corrected chi connectivity index (χ0v) is 10.6. The lowest BCUT2D eigenvalue weighted by molar-refractivity contribution is -0.151. The molecule has 0 aromatic heterocycles. The van der Waals surface area contributed by atoms with Gasteiger partial charge in [-0.25, -0.2) is 0 Å². The minimum atomic E-state index is -0.455. The average molecular weight is 251 g/mol. The highest BCUT2D eigenvalue weighted by atomic mass is 16.5. The number of ether oxygens (including phenoxy) is 1. The highest BCUT2D eigenvalue weighted by Crippen LogP contribution is 2.35. The van der Waals surface area contributed by atoms with Gasteiger partial charge in [0.25, 0.3) is 0 Å². The zero-order chi connectivity index (χ0) is 13.3. The molecule has 2 rings (SSSR count). The van der Waals surface area contributed by atoms with E-state index < -0.39 is 12.1 Å². The smallest absolute Gasteiger partial charge is 0.302 e. The van der Waals surface area contributed by atoms with E-state index in [0.717, 1.165) is 0 Å². The molecule has 5 heteroatoms. The van der Waals surface area contributed by atoms with Crippen LogP contribution < -0.4 is 0 Å². The summed E-state index contributed by atoms with van der Waals surface area (Å²) in [6.07, 6.45) is 4.71. The molecule has 1 aliphatic carbocycles. The Labute approximate surface area is 106 Å². The summed E-state index contributed by atoms with van der Waals surface area (Å²) < 4.78 is 4.96. The van der Waals surface area contributed by atoms with Crippen LogP contribution in [0, 0.1) is 11.8 Å². The number of imide groups is 1. The first kappa shape index (κ1) is 12.8. The van der Waals surface area contributed by atoms with Gasteiger partial charge in [0.1, 0.15) is 6.10 Å². The standard InChI is InChI=1S/C13H17NO4/c1-8(18-9(2)15)7-14-12(16)10-5-3-4-6-11(10)13(14)17/h3-4,8,10-11H,5-7H2,1-2H3. The Balaban J connectivity index is 2.04. The van der Waals surface area contributed by atoms with Crippen molar-refractivity contribution in [1.29, 1.82) is 0 Å². The number of likely N-dealkylation sites (tertiary alicyclic amines) is 1. The van der Waals surface area contributed by atoms with Gasteiger partial charge in [0.05, 0.1) is 18.4 Å². The van der Waals surface area contributed by atoms with Gasteiger partial charge in [0.15, 0.2) is 0 Å². The molecule has 3 atom stereocenters. The number of nitrogens with zero attached hydrogens (tertiary/aromatic N) is 1. The summed E-state index contributed by atoms with van der Waals surface area (Å²) >= 11 is 0. The highest BCUT2D eigenvalue weighted by molar-refractivity contribution is 6.05. The van der Waals surface area contributed by atoms with Crippen LogP contribution in [0.15, 0.2) is 12.2 Å². The fourth-order valence-electron chi connectivity index (χ4n) is 2.63. The molecule has 1 fully saturated rings. The normalized spacial score (nSPS) is 28.2. The maximum absolute atomic E-state index is 12.1. The molecule has 0 aromatic rings. The predicted molar refractivity (Wildman–Crippen MR) is 63.3 cm³/mol. The largest absolute Gasteiger partial charge is 0.461 e. The van der Waals surface area contributed by atoms with E-state index in [4.69, 9.17) is 4.74 Å². The maximum Gasteiger partial charge on any atom is 0.302 e. The summed E-state index contributed by atoms with van der Waals surface area (Å²) in [4.78, 5) is 36.3. The van der Waals surface area contributed by atoms with Crippen molar-refractivity contribution >= 4 is 17.8 Å². The van der Waals surface area contributed by atoms with E-state index in [1.165, 1.54) is 11.8 Å².